The highest BCUT2D eigenvalue weighted by Crippen LogP contribution is 2.69. The van der Waals surface area contributed by atoms with Gasteiger partial charge in [0.2, 0.25) is 0 Å². The second-order valence-corrected chi connectivity index (χ2v) is 5.72. The van der Waals surface area contributed by atoms with E-state index in [1.54, 1.807) is 0 Å². The molecule has 0 radical (unpaired) electrons. The quantitative estimate of drug-likeness (QED) is 0.688. The van der Waals surface area contributed by atoms with E-state index in [2.05, 4.69) is 43.8 Å². The Labute approximate surface area is 83.7 Å². The molecule has 0 nitrogen and oxygen atoms in total. The van der Waals surface area contributed by atoms with E-state index in [4.69, 9.17) is 0 Å². The van der Waals surface area contributed by atoms with Crippen LogP contribution in [0.25, 0.3) is 0 Å². The highest BCUT2D eigenvalue weighted by atomic mass is 32.2. The van der Waals surface area contributed by atoms with Crippen LogP contribution in [0.2, 0.25) is 0 Å². The number of fused-ring (bicyclic) bond motifs is 1. The van der Waals surface area contributed by atoms with Gasteiger partial charge < -0.3 is 0 Å². The summed E-state index contributed by atoms with van der Waals surface area (Å²) in [5, 5.41) is 0.987. The van der Waals surface area contributed by atoms with Crippen molar-refractivity contribution in [3.05, 3.63) is 29.3 Å². The van der Waals surface area contributed by atoms with Gasteiger partial charge in [-0.3, -0.25) is 0 Å². The summed E-state index contributed by atoms with van der Waals surface area (Å²) in [7, 11) is 0. The summed E-state index contributed by atoms with van der Waals surface area (Å²) in [6.07, 6.45) is 1.52. The molecule has 0 amide bonds. The van der Waals surface area contributed by atoms with Crippen LogP contribution in [0, 0.1) is 25.7 Å². The first-order valence-electron chi connectivity index (χ1n) is 4.99. The lowest BCUT2D eigenvalue weighted by atomic mass is 10.2. The zero-order valence-corrected chi connectivity index (χ0v) is 8.90. The maximum absolute atomic E-state index is 2.31. The van der Waals surface area contributed by atoms with Gasteiger partial charge in [-0.2, -0.15) is 0 Å². The molecule has 13 heavy (non-hydrogen) atoms. The van der Waals surface area contributed by atoms with E-state index < -0.39 is 0 Å². The standard InChI is InChI=1S/C12H14S/c1-7-3-8(2)5-9(4-7)13-12-10-6-11(10)12/h3-5,10-12H,6H2,1-2H3. The molecule has 2 aliphatic carbocycles. The topological polar surface area (TPSA) is 0 Å². The van der Waals surface area contributed by atoms with E-state index in [0.29, 0.717) is 0 Å². The average Bonchev–Trinajstić information content (AvgIpc) is 2.86. The van der Waals surface area contributed by atoms with Gasteiger partial charge in [0.05, 0.1) is 0 Å². The number of benzene rings is 1. The van der Waals surface area contributed by atoms with Crippen LogP contribution in [-0.4, -0.2) is 5.25 Å². The Hall–Kier alpha value is -0.430. The number of hydrogen-bond donors (Lipinski definition) is 0. The predicted molar refractivity (Wildman–Crippen MR) is 57.2 cm³/mol. The molecule has 2 fully saturated rings. The minimum atomic E-state index is 0.987. The van der Waals surface area contributed by atoms with Crippen molar-refractivity contribution in [2.24, 2.45) is 11.8 Å². The predicted octanol–water partition coefficient (Wildman–Crippen LogP) is 3.41. The van der Waals surface area contributed by atoms with Gasteiger partial charge in [-0.1, -0.05) is 6.07 Å². The number of aryl methyl sites for hydroxylation is 2. The molecule has 2 unspecified atom stereocenters. The van der Waals surface area contributed by atoms with Crippen LogP contribution in [0.4, 0.5) is 0 Å². The number of thioether (sulfide) groups is 1. The van der Waals surface area contributed by atoms with Crippen molar-refractivity contribution in [2.75, 3.05) is 0 Å². The highest BCUT2D eigenvalue weighted by molar-refractivity contribution is 8.00. The van der Waals surface area contributed by atoms with E-state index >= 15 is 0 Å². The molecule has 1 aromatic carbocycles. The molecular formula is C12H14S. The van der Waals surface area contributed by atoms with Crippen molar-refractivity contribution >= 4 is 11.8 Å². The van der Waals surface area contributed by atoms with Gasteiger partial charge in [0.25, 0.3) is 0 Å². The molecule has 1 aromatic rings. The molecular weight excluding hydrogens is 176 g/mol. The summed E-state index contributed by atoms with van der Waals surface area (Å²) in [6, 6.07) is 6.88. The van der Waals surface area contributed by atoms with Crippen molar-refractivity contribution in [3.8, 4) is 0 Å². The molecule has 0 aliphatic heterocycles. The fourth-order valence-corrected chi connectivity index (χ4v) is 3.76. The van der Waals surface area contributed by atoms with E-state index in [9.17, 15) is 0 Å². The lowest BCUT2D eigenvalue weighted by Crippen LogP contribution is -1.89. The molecule has 2 saturated carbocycles. The van der Waals surface area contributed by atoms with Crippen LogP contribution in [0.1, 0.15) is 17.5 Å². The van der Waals surface area contributed by atoms with Gasteiger partial charge in [0.15, 0.2) is 0 Å². The van der Waals surface area contributed by atoms with Crippen LogP contribution in [-0.2, 0) is 0 Å². The molecule has 3 rings (SSSR count). The summed E-state index contributed by atoms with van der Waals surface area (Å²) >= 11 is 2.10. The highest BCUT2D eigenvalue weighted by Gasteiger charge is 2.64. The minimum absolute atomic E-state index is 0.987. The smallest absolute Gasteiger partial charge is 0.0157 e. The second-order valence-electron chi connectivity index (χ2n) is 4.47. The monoisotopic (exact) mass is 190 g/mol. The fraction of sp³-hybridized carbons (Fsp3) is 0.500. The van der Waals surface area contributed by atoms with E-state index in [0.717, 1.165) is 17.1 Å². The van der Waals surface area contributed by atoms with E-state index in [1.807, 2.05) is 0 Å². The van der Waals surface area contributed by atoms with E-state index in [1.165, 1.54) is 22.4 Å². The van der Waals surface area contributed by atoms with Gasteiger partial charge in [-0.15, -0.1) is 11.8 Å². The first kappa shape index (κ1) is 7.93. The Bertz CT molecular complexity index is 328. The average molecular weight is 190 g/mol. The van der Waals surface area contributed by atoms with Crippen molar-refractivity contribution < 1.29 is 0 Å². The third-order valence-electron chi connectivity index (χ3n) is 3.06. The Morgan fingerprint density at radius 2 is 1.69 bits per heavy atom. The normalized spacial score (nSPS) is 34.2. The van der Waals surface area contributed by atoms with Gasteiger partial charge in [-0.05, 0) is 55.4 Å². The Morgan fingerprint density at radius 1 is 1.08 bits per heavy atom. The largest absolute Gasteiger partial charge is 0.122 e. The van der Waals surface area contributed by atoms with Crippen molar-refractivity contribution in [2.45, 2.75) is 30.4 Å². The molecule has 0 N–H and O–H groups in total. The first-order chi connectivity index (χ1) is 6.24. The Morgan fingerprint density at radius 3 is 2.15 bits per heavy atom. The molecule has 0 saturated heterocycles. The summed E-state index contributed by atoms with van der Waals surface area (Å²) in [6.45, 7) is 4.37. The molecule has 2 atom stereocenters. The fourth-order valence-electron chi connectivity index (χ4n) is 2.05. The van der Waals surface area contributed by atoms with Gasteiger partial charge in [0.1, 0.15) is 0 Å². The molecule has 0 bridgehead atoms. The molecule has 0 heterocycles. The van der Waals surface area contributed by atoms with Gasteiger partial charge in [0, 0.05) is 10.1 Å². The van der Waals surface area contributed by atoms with Crippen molar-refractivity contribution in [1.82, 2.24) is 0 Å². The van der Waals surface area contributed by atoms with Crippen molar-refractivity contribution in [3.63, 3.8) is 0 Å². The Kier molecular flexibility index (Phi) is 1.55. The maximum atomic E-state index is 2.31. The molecule has 1 heteroatoms. The molecule has 68 valence electrons. The SMILES string of the molecule is Cc1cc(C)cc(SC2C3CC32)c1. The van der Waals surface area contributed by atoms with E-state index in [-0.39, 0.29) is 0 Å². The first-order valence-corrected chi connectivity index (χ1v) is 5.87. The summed E-state index contributed by atoms with van der Waals surface area (Å²) in [4.78, 5) is 1.48. The lowest BCUT2D eigenvalue weighted by Gasteiger charge is -2.06. The zero-order valence-electron chi connectivity index (χ0n) is 8.08. The number of rotatable bonds is 2. The third-order valence-corrected chi connectivity index (χ3v) is 4.54. The molecule has 2 aliphatic rings. The molecule has 0 spiro atoms. The molecule has 0 aromatic heterocycles. The third kappa shape index (κ3) is 1.39. The van der Waals surface area contributed by atoms with Crippen LogP contribution >= 0.6 is 11.8 Å². The van der Waals surface area contributed by atoms with Crippen LogP contribution in [0.3, 0.4) is 0 Å². The Balaban J connectivity index is 1.78. The summed E-state index contributed by atoms with van der Waals surface area (Å²) in [5.41, 5.74) is 2.80. The van der Waals surface area contributed by atoms with Crippen molar-refractivity contribution in [1.29, 1.82) is 0 Å². The maximum Gasteiger partial charge on any atom is 0.0157 e. The van der Waals surface area contributed by atoms with Gasteiger partial charge in [-0.25, -0.2) is 0 Å². The second kappa shape index (κ2) is 2.54. The van der Waals surface area contributed by atoms with Crippen LogP contribution in [0.5, 0.6) is 0 Å². The zero-order chi connectivity index (χ0) is 9.00. The summed E-state index contributed by atoms with van der Waals surface area (Å²) in [5.74, 6) is 2.21. The van der Waals surface area contributed by atoms with Crippen LogP contribution in [0.15, 0.2) is 23.1 Å². The number of hydrogen-bond acceptors (Lipinski definition) is 1. The summed E-state index contributed by atoms with van der Waals surface area (Å²) < 4.78 is 0. The lowest BCUT2D eigenvalue weighted by molar-refractivity contribution is 0.931. The van der Waals surface area contributed by atoms with Gasteiger partial charge >= 0.3 is 0 Å². The minimum Gasteiger partial charge on any atom is -0.122 e. The van der Waals surface area contributed by atoms with Crippen LogP contribution < -0.4 is 0 Å².